The summed E-state index contributed by atoms with van der Waals surface area (Å²) in [5.41, 5.74) is 6.53. The standard InChI is InChI=1S/C31H38N4O3.C27H36N4O2/c1-34-15-10-23(11-16-34)32-25-20-27(29-18-22-8-3-4-9-28(22)38-29)33-26-21-31(30(36-2)19-24(25)26)37-17-7-14-35-12-5-6-13-35;1-20-6-9-27(33-20)26-19-25(28-21-10-15-30(2)16-11-21)23-8-7-22(18-24(23)29-26)32-17-5-14-31-12-3-4-13-31/h3-4,8-9,18-21,23H,5-7,10-17H2,1-2H3,(H,32,33);6-9,18-19,21H,3-5,10-17H2,1-2H3,(H,28,29). The van der Waals surface area contributed by atoms with E-state index >= 15 is 0 Å². The lowest BCUT2D eigenvalue weighted by Crippen LogP contribution is -2.36. The minimum atomic E-state index is 0.410. The third-order valence-corrected chi connectivity index (χ3v) is 14.9. The minimum absolute atomic E-state index is 0.410. The van der Waals surface area contributed by atoms with Gasteiger partial charge in [0.05, 0.1) is 31.4 Å². The number of methoxy groups -OCH3 is 1. The van der Waals surface area contributed by atoms with Crippen LogP contribution in [-0.4, -0.2) is 142 Å². The van der Waals surface area contributed by atoms with Crippen molar-refractivity contribution in [3.63, 3.8) is 0 Å². The number of furan rings is 2. The number of hydrogen-bond donors (Lipinski definition) is 2. The highest BCUT2D eigenvalue weighted by molar-refractivity contribution is 5.97. The summed E-state index contributed by atoms with van der Waals surface area (Å²) in [5.74, 6) is 4.83. The molecule has 0 atom stereocenters. The molecule has 3 aromatic carbocycles. The van der Waals surface area contributed by atoms with Crippen molar-refractivity contribution < 1.29 is 23.0 Å². The van der Waals surface area contributed by atoms with Gasteiger partial charge < -0.3 is 53.3 Å². The first kappa shape index (κ1) is 48.8. The molecule has 376 valence electrons. The van der Waals surface area contributed by atoms with Gasteiger partial charge in [-0.15, -0.1) is 0 Å². The van der Waals surface area contributed by atoms with Gasteiger partial charge in [-0.1, -0.05) is 18.2 Å². The van der Waals surface area contributed by atoms with Crippen molar-refractivity contribution in [2.75, 3.05) is 111 Å². The topological polar surface area (TPSA) is 117 Å². The third kappa shape index (κ3) is 12.4. The van der Waals surface area contributed by atoms with Gasteiger partial charge in [0.2, 0.25) is 0 Å². The Morgan fingerprint density at radius 1 is 0.577 bits per heavy atom. The highest BCUT2D eigenvalue weighted by Crippen LogP contribution is 2.39. The molecule has 4 aliphatic rings. The number of nitrogens with one attached hydrogen (secondary N) is 2. The normalized spacial score (nSPS) is 17.8. The van der Waals surface area contributed by atoms with E-state index in [-0.39, 0.29) is 0 Å². The van der Waals surface area contributed by atoms with Crippen LogP contribution in [0.25, 0.3) is 55.7 Å². The number of benzene rings is 3. The first-order valence-corrected chi connectivity index (χ1v) is 26.4. The van der Waals surface area contributed by atoms with Crippen LogP contribution in [0.2, 0.25) is 0 Å². The summed E-state index contributed by atoms with van der Waals surface area (Å²) in [6.07, 6.45) is 11.9. The number of piperidine rings is 2. The van der Waals surface area contributed by atoms with E-state index in [1.54, 1.807) is 7.11 Å². The number of anilines is 2. The molecule has 0 radical (unpaired) electrons. The summed E-state index contributed by atoms with van der Waals surface area (Å²) in [6, 6.07) is 29.7. The Hall–Kier alpha value is -5.86. The quantitative estimate of drug-likeness (QED) is 0.0845. The van der Waals surface area contributed by atoms with Crippen LogP contribution in [0.4, 0.5) is 11.4 Å². The van der Waals surface area contributed by atoms with E-state index < -0.39 is 0 Å². The monoisotopic (exact) mass is 963 g/mol. The van der Waals surface area contributed by atoms with Gasteiger partial charge >= 0.3 is 0 Å². The van der Waals surface area contributed by atoms with Crippen LogP contribution in [0.15, 0.2) is 93.8 Å². The maximum atomic E-state index is 6.25. The Balaban J connectivity index is 0.000000166. The highest BCUT2D eigenvalue weighted by atomic mass is 16.5. The second kappa shape index (κ2) is 23.1. The van der Waals surface area contributed by atoms with Crippen LogP contribution < -0.4 is 24.8 Å². The number of likely N-dealkylation sites (tertiary alicyclic amines) is 4. The summed E-state index contributed by atoms with van der Waals surface area (Å²) < 4.78 is 30.3. The molecule has 4 saturated heterocycles. The molecule has 71 heavy (non-hydrogen) atoms. The maximum Gasteiger partial charge on any atom is 0.163 e. The molecule has 7 aromatic rings. The summed E-state index contributed by atoms with van der Waals surface area (Å²) >= 11 is 0. The second-order valence-corrected chi connectivity index (χ2v) is 20.3. The number of fused-ring (bicyclic) bond motifs is 3. The van der Waals surface area contributed by atoms with E-state index in [2.05, 4.69) is 92.9 Å². The van der Waals surface area contributed by atoms with Crippen molar-refractivity contribution in [2.24, 2.45) is 0 Å². The molecule has 4 aliphatic heterocycles. The molecule has 0 spiro atoms. The van der Waals surface area contributed by atoms with Crippen molar-refractivity contribution in [1.29, 1.82) is 0 Å². The first-order valence-electron chi connectivity index (χ1n) is 26.4. The molecular formula is C58H74N8O5. The Labute approximate surface area is 419 Å². The van der Waals surface area contributed by atoms with E-state index in [0.717, 1.165) is 174 Å². The largest absolute Gasteiger partial charge is 0.493 e. The summed E-state index contributed by atoms with van der Waals surface area (Å²) in [4.78, 5) is 19.8. The molecule has 4 aromatic heterocycles. The smallest absolute Gasteiger partial charge is 0.163 e. The van der Waals surface area contributed by atoms with Crippen LogP contribution in [0.5, 0.6) is 17.2 Å². The molecule has 0 amide bonds. The van der Waals surface area contributed by atoms with Gasteiger partial charge in [0, 0.05) is 64.8 Å². The molecule has 11 rings (SSSR count). The Bertz CT molecular complexity index is 2800. The van der Waals surface area contributed by atoms with E-state index in [4.69, 9.17) is 33.0 Å². The average molecular weight is 963 g/mol. The number of pyridine rings is 2. The van der Waals surface area contributed by atoms with Crippen molar-refractivity contribution >= 4 is 44.1 Å². The molecule has 2 N–H and O–H groups in total. The fraction of sp³-hybridized carbons (Fsp3) is 0.483. The number of ether oxygens (including phenoxy) is 3. The van der Waals surface area contributed by atoms with Crippen molar-refractivity contribution in [3.05, 3.63) is 90.7 Å². The van der Waals surface area contributed by atoms with E-state index in [1.807, 2.05) is 43.3 Å². The van der Waals surface area contributed by atoms with E-state index in [9.17, 15) is 0 Å². The molecule has 8 heterocycles. The Kier molecular flexibility index (Phi) is 15.9. The van der Waals surface area contributed by atoms with Gasteiger partial charge in [0.25, 0.3) is 0 Å². The molecule has 13 nitrogen and oxygen atoms in total. The number of hydrogen-bond acceptors (Lipinski definition) is 13. The van der Waals surface area contributed by atoms with Crippen LogP contribution in [0.1, 0.15) is 70.0 Å². The zero-order valence-electron chi connectivity index (χ0n) is 42.5. The Morgan fingerprint density at radius 2 is 1.17 bits per heavy atom. The number of aromatic nitrogens is 2. The minimum Gasteiger partial charge on any atom is -0.493 e. The SMILES string of the molecule is COc1cc2c(NC3CCN(C)CC3)cc(-c3cc4ccccc4o3)nc2cc1OCCCN1CCCC1.Cc1ccc(-c2cc(NC3CCN(C)CC3)c3ccc(OCCCN4CCCC4)cc3n2)o1. The third-order valence-electron chi connectivity index (χ3n) is 14.9. The summed E-state index contributed by atoms with van der Waals surface area (Å²) in [6.45, 7) is 14.9. The predicted octanol–water partition coefficient (Wildman–Crippen LogP) is 11.2. The van der Waals surface area contributed by atoms with Gasteiger partial charge in [0.15, 0.2) is 23.0 Å². The lowest BCUT2D eigenvalue weighted by atomic mass is 10.0. The zero-order valence-corrected chi connectivity index (χ0v) is 42.5. The Morgan fingerprint density at radius 3 is 1.77 bits per heavy atom. The van der Waals surface area contributed by atoms with Crippen molar-refractivity contribution in [1.82, 2.24) is 29.6 Å². The molecular weight excluding hydrogens is 889 g/mol. The summed E-state index contributed by atoms with van der Waals surface area (Å²) in [7, 11) is 6.09. The van der Waals surface area contributed by atoms with Crippen LogP contribution in [0, 0.1) is 6.92 Å². The van der Waals surface area contributed by atoms with Gasteiger partial charge in [-0.05, 0) is 192 Å². The van der Waals surface area contributed by atoms with Crippen LogP contribution >= 0.6 is 0 Å². The second-order valence-electron chi connectivity index (χ2n) is 20.3. The molecule has 0 saturated carbocycles. The van der Waals surface area contributed by atoms with Crippen molar-refractivity contribution in [2.45, 2.75) is 83.2 Å². The number of para-hydroxylation sites is 1. The lowest BCUT2D eigenvalue weighted by molar-refractivity contribution is 0.254. The fourth-order valence-corrected chi connectivity index (χ4v) is 10.7. The van der Waals surface area contributed by atoms with Crippen molar-refractivity contribution in [3.8, 4) is 40.2 Å². The first-order chi connectivity index (χ1) is 34.8. The van der Waals surface area contributed by atoms with E-state index in [0.29, 0.717) is 18.7 Å². The van der Waals surface area contributed by atoms with Gasteiger partial charge in [-0.2, -0.15) is 0 Å². The number of aryl methyl sites for hydroxylation is 1. The number of nitrogens with zero attached hydrogens (tertiary/aromatic N) is 6. The maximum absolute atomic E-state index is 6.25. The highest BCUT2D eigenvalue weighted by Gasteiger charge is 2.22. The average Bonchev–Trinajstić information content (AvgIpc) is 4.25. The molecule has 4 fully saturated rings. The van der Waals surface area contributed by atoms with E-state index in [1.165, 1.54) is 51.9 Å². The molecule has 0 aliphatic carbocycles. The van der Waals surface area contributed by atoms with Gasteiger partial charge in [-0.3, -0.25) is 0 Å². The van der Waals surface area contributed by atoms with Gasteiger partial charge in [-0.25, -0.2) is 9.97 Å². The fourth-order valence-electron chi connectivity index (χ4n) is 10.7. The predicted molar refractivity (Wildman–Crippen MR) is 288 cm³/mol. The number of rotatable bonds is 17. The zero-order chi connectivity index (χ0) is 48.5. The molecule has 13 heteroatoms. The summed E-state index contributed by atoms with van der Waals surface area (Å²) in [5, 5.41) is 10.9. The van der Waals surface area contributed by atoms with Crippen LogP contribution in [0.3, 0.4) is 0 Å². The lowest BCUT2D eigenvalue weighted by Gasteiger charge is -2.30. The van der Waals surface area contributed by atoms with Gasteiger partial charge in [0.1, 0.15) is 28.5 Å². The molecule has 0 bridgehead atoms. The van der Waals surface area contributed by atoms with Crippen LogP contribution in [-0.2, 0) is 0 Å². The molecule has 0 unspecified atom stereocenters.